The van der Waals surface area contributed by atoms with Gasteiger partial charge in [0.05, 0.1) is 0 Å². The molecule has 2 atom stereocenters. The molecule has 0 radical (unpaired) electrons. The number of nitrogens with two attached hydrogens (primary N) is 1. The van der Waals surface area contributed by atoms with Crippen LogP contribution in [0.5, 0.6) is 0 Å². The molecule has 1 fully saturated rings. The number of nitrogens with one attached hydrogen (secondary N) is 1. The van der Waals surface area contributed by atoms with Crippen molar-refractivity contribution in [1.29, 1.82) is 0 Å². The first-order valence-corrected chi connectivity index (χ1v) is 3.41. The fourth-order valence-corrected chi connectivity index (χ4v) is 1.19. The van der Waals surface area contributed by atoms with Crippen molar-refractivity contribution in [2.75, 3.05) is 13.1 Å². The van der Waals surface area contributed by atoms with Gasteiger partial charge in [-0.3, -0.25) is 4.79 Å². The maximum atomic E-state index is 10.3. The van der Waals surface area contributed by atoms with Crippen molar-refractivity contribution < 1.29 is 9.90 Å². The maximum absolute atomic E-state index is 10.3. The first-order valence-electron chi connectivity index (χ1n) is 3.41. The van der Waals surface area contributed by atoms with Crippen LogP contribution in [-0.2, 0) is 4.79 Å². The number of hydrogen-bond donors (Lipinski definition) is 3. The largest absolute Gasteiger partial charge is 0.480 e. The average molecular weight is 217 g/mol. The van der Waals surface area contributed by atoms with Gasteiger partial charge in [0.25, 0.3) is 0 Å². The first kappa shape index (κ1) is 14.5. The number of hydrogen-bond acceptors (Lipinski definition) is 3. The summed E-state index contributed by atoms with van der Waals surface area (Å²) in [5.41, 5.74) is 5.38. The van der Waals surface area contributed by atoms with Crippen LogP contribution in [0.15, 0.2) is 0 Å². The van der Waals surface area contributed by atoms with Crippen LogP contribution in [0.1, 0.15) is 6.42 Å². The minimum Gasteiger partial charge on any atom is -0.480 e. The molecule has 0 aromatic carbocycles. The number of aliphatic carboxylic acids is 1. The molecule has 0 aliphatic carbocycles. The van der Waals surface area contributed by atoms with Crippen LogP contribution in [0.3, 0.4) is 0 Å². The number of carboxylic acids is 1. The normalized spacial score (nSPS) is 23.6. The second kappa shape index (κ2) is 6.48. The minimum atomic E-state index is -0.895. The summed E-state index contributed by atoms with van der Waals surface area (Å²) in [4.78, 5) is 10.3. The Morgan fingerprint density at radius 1 is 1.58 bits per heavy atom. The van der Waals surface area contributed by atoms with Crippen molar-refractivity contribution in [2.24, 2.45) is 11.7 Å². The molecule has 0 bridgehead atoms. The summed E-state index contributed by atoms with van der Waals surface area (Å²) in [6.07, 6.45) is 0.882. The van der Waals surface area contributed by atoms with E-state index >= 15 is 0 Å². The molecule has 4 nitrogen and oxygen atoms in total. The summed E-state index contributed by atoms with van der Waals surface area (Å²) < 4.78 is 0. The van der Waals surface area contributed by atoms with Crippen molar-refractivity contribution in [2.45, 2.75) is 12.5 Å². The third kappa shape index (κ3) is 3.58. The molecule has 1 rings (SSSR count). The Kier molecular flexibility index (Phi) is 7.83. The first-order chi connectivity index (χ1) is 4.72. The molecule has 0 spiro atoms. The Hall–Kier alpha value is -0.0300. The summed E-state index contributed by atoms with van der Waals surface area (Å²) in [6, 6.07) is -0.685. The van der Waals surface area contributed by atoms with E-state index in [0.717, 1.165) is 19.5 Å². The van der Waals surface area contributed by atoms with E-state index < -0.39 is 12.0 Å². The summed E-state index contributed by atoms with van der Waals surface area (Å²) in [5.74, 6) is -0.772. The highest BCUT2D eigenvalue weighted by atomic mass is 35.5. The van der Waals surface area contributed by atoms with Gasteiger partial charge in [0.1, 0.15) is 6.04 Å². The highest BCUT2D eigenvalue weighted by Gasteiger charge is 2.26. The van der Waals surface area contributed by atoms with Crippen molar-refractivity contribution in [3.63, 3.8) is 0 Å². The molecule has 0 aromatic heterocycles. The number of halogens is 2. The smallest absolute Gasteiger partial charge is 0.320 e. The van der Waals surface area contributed by atoms with Gasteiger partial charge in [0.15, 0.2) is 0 Å². The molecule has 0 saturated carbocycles. The molecule has 4 N–H and O–H groups in total. The lowest BCUT2D eigenvalue weighted by Gasteiger charge is -2.11. The van der Waals surface area contributed by atoms with Crippen LogP contribution in [0.25, 0.3) is 0 Å². The predicted octanol–water partition coefficient (Wildman–Crippen LogP) is -0.149. The third-order valence-corrected chi connectivity index (χ3v) is 1.89. The van der Waals surface area contributed by atoms with Crippen LogP contribution in [0.4, 0.5) is 0 Å². The lowest BCUT2D eigenvalue weighted by atomic mass is 10.0. The zero-order valence-electron chi connectivity index (χ0n) is 6.53. The van der Waals surface area contributed by atoms with E-state index in [1.807, 2.05) is 0 Å². The molecule has 2 unspecified atom stereocenters. The van der Waals surface area contributed by atoms with Gasteiger partial charge < -0.3 is 16.2 Å². The summed E-state index contributed by atoms with van der Waals surface area (Å²) in [6.45, 7) is 1.64. The SMILES string of the molecule is Cl.Cl.NC(C(=O)O)C1CCNC1. The van der Waals surface area contributed by atoms with Crippen LogP contribution < -0.4 is 11.1 Å². The van der Waals surface area contributed by atoms with Crippen molar-refractivity contribution in [1.82, 2.24) is 5.32 Å². The Balaban J connectivity index is 0. The van der Waals surface area contributed by atoms with Crippen molar-refractivity contribution in [3.8, 4) is 0 Å². The standard InChI is InChI=1S/C6H12N2O2.2ClH/c7-5(6(9)10)4-1-2-8-3-4;;/h4-5,8H,1-3,7H2,(H,9,10);2*1H. The van der Waals surface area contributed by atoms with Gasteiger partial charge in [-0.05, 0) is 18.9 Å². The second-order valence-electron chi connectivity index (χ2n) is 2.62. The number of rotatable bonds is 2. The van der Waals surface area contributed by atoms with E-state index in [0.29, 0.717) is 0 Å². The quantitative estimate of drug-likeness (QED) is 0.601. The molecule has 6 heteroatoms. The van der Waals surface area contributed by atoms with E-state index in [-0.39, 0.29) is 30.7 Å². The van der Waals surface area contributed by atoms with E-state index in [1.165, 1.54) is 0 Å². The monoisotopic (exact) mass is 216 g/mol. The molecule has 0 aromatic rings. The molecule has 1 heterocycles. The molecule has 74 valence electrons. The average Bonchev–Trinajstić information content (AvgIpc) is 2.36. The van der Waals surface area contributed by atoms with E-state index in [1.54, 1.807) is 0 Å². The van der Waals surface area contributed by atoms with Gasteiger partial charge in [0.2, 0.25) is 0 Å². The molecule has 1 aliphatic rings. The third-order valence-electron chi connectivity index (χ3n) is 1.89. The Morgan fingerprint density at radius 3 is 2.50 bits per heavy atom. The van der Waals surface area contributed by atoms with Crippen molar-refractivity contribution >= 4 is 30.8 Å². The zero-order chi connectivity index (χ0) is 7.56. The summed E-state index contributed by atoms with van der Waals surface area (Å²) in [7, 11) is 0. The zero-order valence-corrected chi connectivity index (χ0v) is 8.16. The van der Waals surface area contributed by atoms with Gasteiger partial charge in [-0.1, -0.05) is 0 Å². The summed E-state index contributed by atoms with van der Waals surface area (Å²) in [5, 5.41) is 11.6. The van der Waals surface area contributed by atoms with E-state index in [4.69, 9.17) is 10.8 Å². The Labute approximate surface area is 83.7 Å². The highest BCUT2D eigenvalue weighted by Crippen LogP contribution is 2.10. The van der Waals surface area contributed by atoms with Crippen LogP contribution >= 0.6 is 24.8 Å². The summed E-state index contributed by atoms with van der Waals surface area (Å²) >= 11 is 0. The van der Waals surface area contributed by atoms with Crippen LogP contribution in [0, 0.1) is 5.92 Å². The van der Waals surface area contributed by atoms with Gasteiger partial charge in [-0.15, -0.1) is 24.8 Å². The van der Waals surface area contributed by atoms with Gasteiger partial charge in [0, 0.05) is 6.54 Å². The fourth-order valence-electron chi connectivity index (χ4n) is 1.19. The van der Waals surface area contributed by atoms with E-state index in [9.17, 15) is 4.79 Å². The molecule has 12 heavy (non-hydrogen) atoms. The van der Waals surface area contributed by atoms with Gasteiger partial charge in [-0.25, -0.2) is 0 Å². The fraction of sp³-hybridized carbons (Fsp3) is 0.833. The van der Waals surface area contributed by atoms with Gasteiger partial charge in [-0.2, -0.15) is 0 Å². The Morgan fingerprint density at radius 2 is 2.17 bits per heavy atom. The van der Waals surface area contributed by atoms with Gasteiger partial charge >= 0.3 is 5.97 Å². The van der Waals surface area contributed by atoms with Crippen LogP contribution in [0.2, 0.25) is 0 Å². The molecule has 1 aliphatic heterocycles. The molecular formula is C6H14Cl2N2O2. The van der Waals surface area contributed by atoms with E-state index in [2.05, 4.69) is 5.32 Å². The lowest BCUT2D eigenvalue weighted by Crippen LogP contribution is -2.38. The van der Waals surface area contributed by atoms with Crippen LogP contribution in [-0.4, -0.2) is 30.2 Å². The number of carboxylic acid groups (broad SMARTS) is 1. The predicted molar refractivity (Wildman–Crippen MR) is 51.1 cm³/mol. The topological polar surface area (TPSA) is 75.4 Å². The van der Waals surface area contributed by atoms with Crippen molar-refractivity contribution in [3.05, 3.63) is 0 Å². The highest BCUT2D eigenvalue weighted by molar-refractivity contribution is 5.85. The number of carbonyl (C=O) groups is 1. The lowest BCUT2D eigenvalue weighted by molar-refractivity contribution is -0.139. The molecule has 1 saturated heterocycles. The minimum absolute atomic E-state index is 0. The molecule has 0 amide bonds. The Bertz CT molecular complexity index is 140. The molecular weight excluding hydrogens is 203 g/mol. The maximum Gasteiger partial charge on any atom is 0.320 e. The second-order valence-corrected chi connectivity index (χ2v) is 2.62.